The number of nitrogens with one attached hydrogen (secondary N) is 1. The molecule has 0 amide bonds. The van der Waals surface area contributed by atoms with Crippen LogP contribution in [0.25, 0.3) is 11.3 Å². The fourth-order valence-electron chi connectivity index (χ4n) is 4.27. The van der Waals surface area contributed by atoms with Gasteiger partial charge in [-0.1, -0.05) is 6.58 Å². The summed E-state index contributed by atoms with van der Waals surface area (Å²) in [5.74, 6) is 0.499. The minimum atomic E-state index is -0.959. The van der Waals surface area contributed by atoms with Gasteiger partial charge in [0.25, 0.3) is 0 Å². The monoisotopic (exact) mass is 379 g/mol. The van der Waals surface area contributed by atoms with E-state index < -0.39 is 6.02 Å². The van der Waals surface area contributed by atoms with Crippen LogP contribution in [0.2, 0.25) is 0 Å². The number of hydrogen-bond donors (Lipinski definition) is 1. The van der Waals surface area contributed by atoms with Crippen LogP contribution in [0.4, 0.5) is 10.2 Å². The Bertz CT molecular complexity index is 1110. The van der Waals surface area contributed by atoms with Gasteiger partial charge in [0.05, 0.1) is 25.4 Å². The molecule has 0 aromatic carbocycles. The number of nitrogens with zero attached hydrogens (tertiary/aromatic N) is 5. The van der Waals surface area contributed by atoms with E-state index >= 15 is 0 Å². The molecule has 1 fully saturated rings. The first kappa shape index (κ1) is 16.0. The van der Waals surface area contributed by atoms with E-state index in [-0.39, 0.29) is 11.9 Å². The molecule has 144 valence electrons. The van der Waals surface area contributed by atoms with Crippen LogP contribution in [0.3, 0.4) is 0 Å². The quantitative estimate of drug-likeness (QED) is 0.648. The zero-order valence-electron chi connectivity index (χ0n) is 16.8. The van der Waals surface area contributed by atoms with Crippen molar-refractivity contribution in [3.8, 4) is 0 Å². The summed E-state index contributed by atoms with van der Waals surface area (Å²) in [5.41, 5.74) is 3.83. The molecule has 5 rings (SSSR count). The highest BCUT2D eigenvalue weighted by Crippen LogP contribution is 2.37. The van der Waals surface area contributed by atoms with E-state index in [1.54, 1.807) is 16.8 Å². The number of pyridine rings is 1. The highest BCUT2D eigenvalue weighted by Gasteiger charge is 2.30. The first-order valence-electron chi connectivity index (χ1n) is 10.1. The molecule has 0 aliphatic carbocycles. The van der Waals surface area contributed by atoms with Crippen molar-refractivity contribution in [3.05, 3.63) is 59.9 Å². The molecular formula is C21H23FN6. The molecule has 0 spiro atoms. The van der Waals surface area contributed by atoms with Crippen LogP contribution in [0.15, 0.2) is 37.3 Å². The molecule has 28 heavy (non-hydrogen) atoms. The van der Waals surface area contributed by atoms with Crippen molar-refractivity contribution >= 4 is 17.2 Å². The van der Waals surface area contributed by atoms with Crippen molar-refractivity contribution < 1.29 is 5.76 Å². The predicted molar refractivity (Wildman–Crippen MR) is 106 cm³/mol. The second kappa shape index (κ2) is 6.58. The van der Waals surface area contributed by atoms with E-state index in [1.165, 1.54) is 6.20 Å². The van der Waals surface area contributed by atoms with E-state index in [4.69, 9.17) is 6.35 Å². The van der Waals surface area contributed by atoms with Crippen molar-refractivity contribution in [2.45, 2.75) is 44.7 Å². The average Bonchev–Trinajstić information content (AvgIpc) is 3.32. The molecular weight excluding hydrogens is 355 g/mol. The van der Waals surface area contributed by atoms with Crippen LogP contribution >= 0.6 is 0 Å². The topological polar surface area (TPSA) is 58.4 Å². The zero-order chi connectivity index (χ0) is 20.2. The SMILES string of the molecule is [2H][C@]1(C)CCc2ncc(F)cc2[C@@H]2CCCN2c2ccn3ncc(c3n2)C(=C)N1. The van der Waals surface area contributed by atoms with Crippen molar-refractivity contribution in [2.75, 3.05) is 11.4 Å². The standard InChI is InChI=1S/C21H23FN6/c1-13-5-6-18-16(10-15(22)11-23-18)19-4-3-8-27(19)20-7-9-28-21(26-20)17(12-24-28)14(2)25-13/h7,9-13,19,25H,2-6,8H2,1H3/t13-,19-/m0/s1/i13D. The molecule has 1 saturated heterocycles. The Balaban J connectivity index is 1.70. The maximum atomic E-state index is 14.1. The van der Waals surface area contributed by atoms with Gasteiger partial charge in [0.15, 0.2) is 5.65 Å². The summed E-state index contributed by atoms with van der Waals surface area (Å²) >= 11 is 0. The van der Waals surface area contributed by atoms with E-state index in [0.29, 0.717) is 24.2 Å². The Morgan fingerprint density at radius 3 is 3.14 bits per heavy atom. The molecule has 2 bridgehead atoms. The largest absolute Gasteiger partial charge is 0.382 e. The Labute approximate surface area is 164 Å². The summed E-state index contributed by atoms with van der Waals surface area (Å²) < 4.78 is 24.6. The number of anilines is 1. The molecule has 0 radical (unpaired) electrons. The minimum Gasteiger partial charge on any atom is -0.382 e. The lowest BCUT2D eigenvalue weighted by molar-refractivity contribution is 0.575. The third-order valence-electron chi connectivity index (χ3n) is 5.66. The number of fused-ring (bicyclic) bond motifs is 5. The summed E-state index contributed by atoms with van der Waals surface area (Å²) in [7, 11) is 0. The minimum absolute atomic E-state index is 0.0171. The smallest absolute Gasteiger partial charge is 0.166 e. The average molecular weight is 379 g/mol. The fraction of sp³-hybridized carbons (Fsp3) is 0.381. The Hall–Kier alpha value is -2.96. The van der Waals surface area contributed by atoms with Crippen LogP contribution < -0.4 is 10.2 Å². The van der Waals surface area contributed by atoms with Crippen LogP contribution in [0, 0.1) is 5.82 Å². The Morgan fingerprint density at radius 2 is 2.25 bits per heavy atom. The number of hydrogen-bond acceptors (Lipinski definition) is 5. The second-order valence-electron chi connectivity index (χ2n) is 7.54. The van der Waals surface area contributed by atoms with Crippen LogP contribution in [0.1, 0.15) is 50.4 Å². The van der Waals surface area contributed by atoms with Gasteiger partial charge in [-0.3, -0.25) is 4.98 Å². The molecule has 2 aliphatic rings. The summed E-state index contributed by atoms with van der Waals surface area (Å²) in [4.78, 5) is 11.5. The van der Waals surface area contributed by atoms with Gasteiger partial charge >= 0.3 is 0 Å². The van der Waals surface area contributed by atoms with Gasteiger partial charge in [0.1, 0.15) is 11.6 Å². The van der Waals surface area contributed by atoms with E-state index in [2.05, 4.69) is 26.9 Å². The first-order chi connectivity index (χ1) is 13.9. The van der Waals surface area contributed by atoms with Crippen molar-refractivity contribution in [1.29, 1.82) is 0 Å². The fourth-order valence-corrected chi connectivity index (χ4v) is 4.27. The summed E-state index contributed by atoms with van der Waals surface area (Å²) in [6.45, 7) is 6.79. The van der Waals surface area contributed by atoms with Crippen molar-refractivity contribution in [3.63, 3.8) is 0 Å². The van der Waals surface area contributed by atoms with Gasteiger partial charge in [-0.2, -0.15) is 5.10 Å². The van der Waals surface area contributed by atoms with Gasteiger partial charge in [-0.25, -0.2) is 13.9 Å². The molecule has 5 heterocycles. The van der Waals surface area contributed by atoms with Crippen LogP contribution in [-0.4, -0.2) is 32.1 Å². The summed E-state index contributed by atoms with van der Waals surface area (Å²) in [6.07, 6.45) is 7.89. The lowest BCUT2D eigenvalue weighted by Gasteiger charge is -2.27. The molecule has 2 aliphatic heterocycles. The summed E-state index contributed by atoms with van der Waals surface area (Å²) in [5, 5.41) is 7.58. The zero-order valence-corrected chi connectivity index (χ0v) is 15.8. The van der Waals surface area contributed by atoms with Gasteiger partial charge in [-0.05, 0) is 50.3 Å². The molecule has 6 nitrogen and oxygen atoms in total. The lowest BCUT2D eigenvalue weighted by atomic mass is 9.98. The molecule has 0 unspecified atom stereocenters. The van der Waals surface area contributed by atoms with Crippen molar-refractivity contribution in [2.24, 2.45) is 0 Å². The van der Waals surface area contributed by atoms with Crippen molar-refractivity contribution in [1.82, 2.24) is 24.9 Å². The van der Waals surface area contributed by atoms with E-state index in [0.717, 1.165) is 42.0 Å². The number of halogens is 1. The summed E-state index contributed by atoms with van der Waals surface area (Å²) in [6, 6.07) is 2.60. The Morgan fingerprint density at radius 1 is 1.36 bits per heavy atom. The van der Waals surface area contributed by atoms with Gasteiger partial charge in [0, 0.05) is 30.2 Å². The molecule has 0 saturated carbocycles. The van der Waals surface area contributed by atoms with E-state index in [9.17, 15) is 4.39 Å². The third-order valence-corrected chi connectivity index (χ3v) is 5.66. The lowest BCUT2D eigenvalue weighted by Crippen LogP contribution is -2.26. The Kier molecular flexibility index (Phi) is 3.77. The maximum absolute atomic E-state index is 14.1. The highest BCUT2D eigenvalue weighted by atomic mass is 19.1. The molecule has 3 aromatic heterocycles. The number of rotatable bonds is 0. The van der Waals surface area contributed by atoms with Gasteiger partial charge in [-0.15, -0.1) is 0 Å². The highest BCUT2D eigenvalue weighted by molar-refractivity contribution is 5.74. The molecule has 7 heteroatoms. The predicted octanol–water partition coefficient (Wildman–Crippen LogP) is 3.50. The van der Waals surface area contributed by atoms with E-state index in [1.807, 2.05) is 19.2 Å². The molecule has 2 atom stereocenters. The number of aromatic nitrogens is 4. The third kappa shape index (κ3) is 2.82. The molecule has 3 aromatic rings. The maximum Gasteiger partial charge on any atom is 0.166 e. The first-order valence-corrected chi connectivity index (χ1v) is 9.64. The van der Waals surface area contributed by atoms with Gasteiger partial charge in [0.2, 0.25) is 0 Å². The second-order valence-corrected chi connectivity index (χ2v) is 7.54. The van der Waals surface area contributed by atoms with Crippen LogP contribution in [-0.2, 0) is 6.42 Å². The number of aryl methyl sites for hydroxylation is 1. The van der Waals surface area contributed by atoms with Crippen LogP contribution in [0.5, 0.6) is 0 Å². The van der Waals surface area contributed by atoms with Gasteiger partial charge < -0.3 is 10.2 Å². The normalized spacial score (nSPS) is 25.4. The molecule has 1 N–H and O–H groups in total.